The zero-order valence-corrected chi connectivity index (χ0v) is 10.0. The molecular formula is C13H16FNO2. The maximum absolute atomic E-state index is 12.9. The summed E-state index contributed by atoms with van der Waals surface area (Å²) in [5.74, 6) is -0.512. The van der Waals surface area contributed by atoms with Gasteiger partial charge in [-0.05, 0) is 24.7 Å². The average Bonchev–Trinajstić information content (AvgIpc) is 2.71. The third-order valence-corrected chi connectivity index (χ3v) is 3.30. The summed E-state index contributed by atoms with van der Waals surface area (Å²) in [6.45, 7) is 1.49. The summed E-state index contributed by atoms with van der Waals surface area (Å²) in [7, 11) is 3.38. The van der Waals surface area contributed by atoms with E-state index in [4.69, 9.17) is 4.74 Å². The third kappa shape index (κ3) is 2.47. The average molecular weight is 237 g/mol. The SMILES string of the molecule is COC(=O)C1CN(C)CC1c1ccc(F)cc1. The van der Waals surface area contributed by atoms with Gasteiger partial charge in [0, 0.05) is 19.0 Å². The highest BCUT2D eigenvalue weighted by atomic mass is 19.1. The minimum absolute atomic E-state index is 0.0908. The molecule has 0 bridgehead atoms. The number of ether oxygens (including phenoxy) is 1. The standard InChI is InChI=1S/C13H16FNO2/c1-15-7-11(12(8-15)13(16)17-2)9-3-5-10(14)6-4-9/h3-6,11-12H,7-8H2,1-2H3. The minimum Gasteiger partial charge on any atom is -0.469 e. The van der Waals surface area contributed by atoms with Gasteiger partial charge in [0.1, 0.15) is 5.82 Å². The largest absolute Gasteiger partial charge is 0.469 e. The van der Waals surface area contributed by atoms with Crippen LogP contribution >= 0.6 is 0 Å². The first-order valence-electron chi connectivity index (χ1n) is 5.63. The van der Waals surface area contributed by atoms with Gasteiger partial charge in [-0.25, -0.2) is 4.39 Å². The lowest BCUT2D eigenvalue weighted by Gasteiger charge is -2.16. The van der Waals surface area contributed by atoms with Gasteiger partial charge in [-0.3, -0.25) is 4.79 Å². The molecule has 2 atom stereocenters. The van der Waals surface area contributed by atoms with Gasteiger partial charge in [0.25, 0.3) is 0 Å². The number of carbonyl (C=O) groups is 1. The van der Waals surface area contributed by atoms with E-state index in [9.17, 15) is 9.18 Å². The molecule has 0 amide bonds. The Labute approximate surface area is 100 Å². The van der Waals surface area contributed by atoms with Crippen LogP contribution in [-0.4, -0.2) is 38.1 Å². The number of esters is 1. The third-order valence-electron chi connectivity index (χ3n) is 3.30. The lowest BCUT2D eigenvalue weighted by Crippen LogP contribution is -2.23. The summed E-state index contributed by atoms with van der Waals surface area (Å²) in [4.78, 5) is 13.8. The fourth-order valence-electron chi connectivity index (χ4n) is 2.44. The van der Waals surface area contributed by atoms with Gasteiger partial charge < -0.3 is 9.64 Å². The first-order chi connectivity index (χ1) is 8.11. The number of benzene rings is 1. The number of nitrogens with zero attached hydrogens (tertiary/aromatic N) is 1. The molecule has 92 valence electrons. The van der Waals surface area contributed by atoms with E-state index in [-0.39, 0.29) is 23.6 Å². The van der Waals surface area contributed by atoms with Crippen molar-refractivity contribution in [1.29, 1.82) is 0 Å². The van der Waals surface area contributed by atoms with E-state index >= 15 is 0 Å². The highest BCUT2D eigenvalue weighted by Crippen LogP contribution is 2.32. The fraction of sp³-hybridized carbons (Fsp3) is 0.462. The first kappa shape index (κ1) is 12.0. The summed E-state index contributed by atoms with van der Waals surface area (Å²) >= 11 is 0. The zero-order chi connectivity index (χ0) is 12.4. The van der Waals surface area contributed by atoms with Crippen molar-refractivity contribution in [3.8, 4) is 0 Å². The van der Waals surface area contributed by atoms with E-state index in [0.717, 1.165) is 12.1 Å². The molecule has 0 saturated carbocycles. The van der Waals surface area contributed by atoms with Gasteiger partial charge >= 0.3 is 5.97 Å². The molecule has 2 unspecified atom stereocenters. The first-order valence-corrected chi connectivity index (χ1v) is 5.63. The quantitative estimate of drug-likeness (QED) is 0.732. The summed E-state index contributed by atoms with van der Waals surface area (Å²) in [6, 6.07) is 6.36. The molecule has 1 saturated heterocycles. The van der Waals surface area contributed by atoms with Crippen LogP contribution in [0.15, 0.2) is 24.3 Å². The highest BCUT2D eigenvalue weighted by molar-refractivity contribution is 5.74. The van der Waals surface area contributed by atoms with Crippen LogP contribution in [0.1, 0.15) is 11.5 Å². The molecule has 1 aliphatic rings. The minimum atomic E-state index is -0.255. The number of rotatable bonds is 2. The molecule has 1 aromatic carbocycles. The van der Waals surface area contributed by atoms with Crippen LogP contribution in [-0.2, 0) is 9.53 Å². The maximum Gasteiger partial charge on any atom is 0.310 e. The molecule has 1 aliphatic heterocycles. The number of likely N-dealkylation sites (N-methyl/N-ethyl adjacent to an activating group) is 1. The van der Waals surface area contributed by atoms with Crippen LogP contribution in [0.4, 0.5) is 4.39 Å². The molecule has 4 heteroatoms. The molecule has 0 radical (unpaired) electrons. The number of halogens is 1. The molecule has 0 N–H and O–H groups in total. The van der Waals surface area contributed by atoms with Gasteiger partial charge in [-0.1, -0.05) is 12.1 Å². The second-order valence-corrected chi connectivity index (χ2v) is 4.51. The van der Waals surface area contributed by atoms with Crippen LogP contribution in [0.5, 0.6) is 0 Å². The summed E-state index contributed by atoms with van der Waals surface area (Å²) in [5, 5.41) is 0. The van der Waals surface area contributed by atoms with Crippen LogP contribution in [0.25, 0.3) is 0 Å². The van der Waals surface area contributed by atoms with Crippen LogP contribution < -0.4 is 0 Å². The van der Waals surface area contributed by atoms with Crippen molar-refractivity contribution in [3.05, 3.63) is 35.6 Å². The van der Waals surface area contributed by atoms with Crippen LogP contribution in [0.3, 0.4) is 0 Å². The van der Waals surface area contributed by atoms with Crippen molar-refractivity contribution in [3.63, 3.8) is 0 Å². The topological polar surface area (TPSA) is 29.5 Å². The number of hydrogen-bond donors (Lipinski definition) is 0. The van der Waals surface area contributed by atoms with Crippen molar-refractivity contribution in [2.75, 3.05) is 27.2 Å². The van der Waals surface area contributed by atoms with E-state index < -0.39 is 0 Å². The highest BCUT2D eigenvalue weighted by Gasteiger charge is 2.37. The summed E-state index contributed by atoms with van der Waals surface area (Å²) in [5.41, 5.74) is 0.992. The molecule has 1 fully saturated rings. The van der Waals surface area contributed by atoms with E-state index in [2.05, 4.69) is 4.90 Å². The van der Waals surface area contributed by atoms with Gasteiger partial charge in [-0.2, -0.15) is 0 Å². The normalized spacial score (nSPS) is 24.9. The lowest BCUT2D eigenvalue weighted by molar-refractivity contribution is -0.145. The van der Waals surface area contributed by atoms with Crippen molar-refractivity contribution >= 4 is 5.97 Å². The zero-order valence-electron chi connectivity index (χ0n) is 10.0. The van der Waals surface area contributed by atoms with Crippen LogP contribution in [0, 0.1) is 11.7 Å². The van der Waals surface area contributed by atoms with Crippen molar-refractivity contribution in [1.82, 2.24) is 4.90 Å². The predicted molar refractivity (Wildman–Crippen MR) is 62.1 cm³/mol. The van der Waals surface area contributed by atoms with Gasteiger partial charge in [0.2, 0.25) is 0 Å². The second kappa shape index (κ2) is 4.84. The van der Waals surface area contributed by atoms with Crippen molar-refractivity contribution in [2.45, 2.75) is 5.92 Å². The van der Waals surface area contributed by atoms with Gasteiger partial charge in [0.15, 0.2) is 0 Å². The van der Waals surface area contributed by atoms with Crippen molar-refractivity contribution < 1.29 is 13.9 Å². The Hall–Kier alpha value is -1.42. The fourth-order valence-corrected chi connectivity index (χ4v) is 2.44. The Balaban J connectivity index is 2.23. The molecule has 0 spiro atoms. The molecule has 3 nitrogen and oxygen atoms in total. The number of methoxy groups -OCH3 is 1. The Morgan fingerprint density at radius 2 is 2.00 bits per heavy atom. The number of likely N-dealkylation sites (tertiary alicyclic amines) is 1. The van der Waals surface area contributed by atoms with E-state index in [1.54, 1.807) is 12.1 Å². The molecule has 2 rings (SSSR count). The summed E-state index contributed by atoms with van der Waals surface area (Å²) in [6.07, 6.45) is 0. The molecule has 0 aromatic heterocycles. The second-order valence-electron chi connectivity index (χ2n) is 4.51. The monoisotopic (exact) mass is 237 g/mol. The predicted octanol–water partition coefficient (Wildman–Crippen LogP) is 1.64. The Kier molecular flexibility index (Phi) is 3.43. The maximum atomic E-state index is 12.9. The Morgan fingerprint density at radius 3 is 2.59 bits per heavy atom. The van der Waals surface area contributed by atoms with Gasteiger partial charge in [-0.15, -0.1) is 0 Å². The molecule has 1 heterocycles. The van der Waals surface area contributed by atoms with Crippen molar-refractivity contribution in [2.24, 2.45) is 5.92 Å². The smallest absolute Gasteiger partial charge is 0.310 e. The Morgan fingerprint density at radius 1 is 1.35 bits per heavy atom. The summed E-state index contributed by atoms with van der Waals surface area (Å²) < 4.78 is 17.7. The molecule has 1 aromatic rings. The van der Waals surface area contributed by atoms with E-state index in [1.807, 2.05) is 7.05 Å². The number of carbonyl (C=O) groups excluding carboxylic acids is 1. The molecular weight excluding hydrogens is 221 g/mol. The molecule has 0 aliphatic carbocycles. The van der Waals surface area contributed by atoms with Gasteiger partial charge in [0.05, 0.1) is 13.0 Å². The number of hydrogen-bond acceptors (Lipinski definition) is 3. The van der Waals surface area contributed by atoms with E-state index in [1.165, 1.54) is 19.2 Å². The van der Waals surface area contributed by atoms with E-state index in [0.29, 0.717) is 6.54 Å². The molecule has 17 heavy (non-hydrogen) atoms. The van der Waals surface area contributed by atoms with Crippen LogP contribution in [0.2, 0.25) is 0 Å². The Bertz CT molecular complexity index is 404. The lowest BCUT2D eigenvalue weighted by atomic mass is 9.89.